The zero-order valence-electron chi connectivity index (χ0n) is 6.73. The molecule has 0 saturated carbocycles. The average Bonchev–Trinajstić information content (AvgIpc) is 2.32. The molecule has 11 heavy (non-hydrogen) atoms. The predicted octanol–water partition coefficient (Wildman–Crippen LogP) is 1.60. The van der Waals surface area contributed by atoms with Gasteiger partial charge in [0.25, 0.3) is 0 Å². The molecule has 2 N–H and O–H groups in total. The van der Waals surface area contributed by atoms with Crippen molar-refractivity contribution in [2.75, 3.05) is 0 Å². The molecule has 0 aromatic carbocycles. The number of fused-ring (bicyclic) bond motifs is 1. The van der Waals surface area contributed by atoms with Crippen LogP contribution < -0.4 is 4.98 Å². The van der Waals surface area contributed by atoms with Crippen molar-refractivity contribution < 1.29 is 4.98 Å². The summed E-state index contributed by atoms with van der Waals surface area (Å²) < 4.78 is 0. The molecule has 2 aromatic rings. The van der Waals surface area contributed by atoms with E-state index in [1.165, 1.54) is 22.2 Å². The number of nitrogens with one attached hydrogen (secondary N) is 2. The lowest BCUT2D eigenvalue weighted by molar-refractivity contribution is -0.385. The van der Waals surface area contributed by atoms with E-state index in [4.69, 9.17) is 0 Å². The van der Waals surface area contributed by atoms with Crippen molar-refractivity contribution in [1.29, 1.82) is 0 Å². The van der Waals surface area contributed by atoms with Gasteiger partial charge in [0.2, 0.25) is 0 Å². The summed E-state index contributed by atoms with van der Waals surface area (Å²) in [5.41, 5.74) is 3.68. The molecule has 0 atom stereocenters. The van der Waals surface area contributed by atoms with Gasteiger partial charge in [0.05, 0.1) is 10.9 Å². The second-order valence-electron chi connectivity index (χ2n) is 2.92. The molecule has 2 heteroatoms. The van der Waals surface area contributed by atoms with E-state index >= 15 is 0 Å². The lowest BCUT2D eigenvalue weighted by atomic mass is 10.2. The number of hydrogen-bond acceptors (Lipinski definition) is 0. The molecule has 0 spiro atoms. The van der Waals surface area contributed by atoms with Crippen molar-refractivity contribution in [1.82, 2.24) is 4.98 Å². The molecular formula is C9H11N2+. The van der Waals surface area contributed by atoms with Crippen LogP contribution in [0.4, 0.5) is 0 Å². The Morgan fingerprint density at radius 1 is 1.36 bits per heavy atom. The SMILES string of the molecule is Cc1cc2[nH]cc(C)c2c[nH+]1. The van der Waals surface area contributed by atoms with E-state index in [2.05, 4.69) is 29.9 Å². The summed E-state index contributed by atoms with van der Waals surface area (Å²) >= 11 is 0. The summed E-state index contributed by atoms with van der Waals surface area (Å²) in [6.45, 7) is 4.15. The van der Waals surface area contributed by atoms with Crippen LogP contribution in [0.3, 0.4) is 0 Å². The van der Waals surface area contributed by atoms with Gasteiger partial charge in [-0.2, -0.15) is 0 Å². The largest absolute Gasteiger partial charge is 0.361 e. The van der Waals surface area contributed by atoms with Crippen molar-refractivity contribution in [2.45, 2.75) is 13.8 Å². The molecule has 2 aromatic heterocycles. The van der Waals surface area contributed by atoms with Gasteiger partial charge in [0, 0.05) is 19.2 Å². The zero-order valence-corrected chi connectivity index (χ0v) is 6.73. The lowest BCUT2D eigenvalue weighted by Crippen LogP contribution is -2.04. The molecule has 2 nitrogen and oxygen atoms in total. The fourth-order valence-electron chi connectivity index (χ4n) is 1.31. The van der Waals surface area contributed by atoms with Crippen LogP contribution >= 0.6 is 0 Å². The lowest BCUT2D eigenvalue weighted by Gasteiger charge is -1.86. The Morgan fingerprint density at radius 3 is 3.00 bits per heavy atom. The number of H-pyrrole nitrogens is 2. The first kappa shape index (κ1) is 6.40. The Labute approximate surface area is 65.3 Å². The fourth-order valence-corrected chi connectivity index (χ4v) is 1.31. The van der Waals surface area contributed by atoms with E-state index in [0.29, 0.717) is 0 Å². The van der Waals surface area contributed by atoms with Gasteiger partial charge in [-0.05, 0) is 12.5 Å². The van der Waals surface area contributed by atoms with Gasteiger partial charge in [0.1, 0.15) is 0 Å². The van der Waals surface area contributed by atoms with Crippen LogP contribution in [0.15, 0.2) is 18.5 Å². The van der Waals surface area contributed by atoms with Gasteiger partial charge in [0.15, 0.2) is 11.9 Å². The normalized spacial score (nSPS) is 10.7. The van der Waals surface area contributed by atoms with Crippen molar-refractivity contribution in [2.24, 2.45) is 0 Å². The minimum atomic E-state index is 1.18. The fraction of sp³-hybridized carbons (Fsp3) is 0.222. The highest BCUT2D eigenvalue weighted by atomic mass is 14.7. The van der Waals surface area contributed by atoms with Gasteiger partial charge in [-0.15, -0.1) is 0 Å². The Kier molecular flexibility index (Phi) is 1.22. The highest BCUT2D eigenvalue weighted by molar-refractivity contribution is 5.81. The van der Waals surface area contributed by atoms with E-state index in [1.54, 1.807) is 0 Å². The van der Waals surface area contributed by atoms with Gasteiger partial charge >= 0.3 is 0 Å². The molecule has 0 amide bonds. The number of hydrogen-bond donors (Lipinski definition) is 1. The molecule has 2 heterocycles. The standard InChI is InChI=1S/C9H10N2/c1-6-4-11-9-3-7(2)10-5-8(6)9/h3-5,11H,1-2H3/p+1. The highest BCUT2D eigenvalue weighted by Gasteiger charge is 2.02. The van der Waals surface area contributed by atoms with Gasteiger partial charge in [-0.3, -0.25) is 0 Å². The predicted molar refractivity (Wildman–Crippen MR) is 44.3 cm³/mol. The minimum absolute atomic E-state index is 1.18. The van der Waals surface area contributed by atoms with E-state index < -0.39 is 0 Å². The molecule has 0 aliphatic carbocycles. The van der Waals surface area contributed by atoms with Gasteiger partial charge < -0.3 is 4.98 Å². The average molecular weight is 147 g/mol. The summed E-state index contributed by atoms with van der Waals surface area (Å²) in [4.78, 5) is 6.39. The van der Waals surface area contributed by atoms with Crippen LogP contribution in [0.5, 0.6) is 0 Å². The molecule has 0 aliphatic heterocycles. The van der Waals surface area contributed by atoms with E-state index in [1.807, 2.05) is 12.4 Å². The second kappa shape index (κ2) is 2.09. The number of aryl methyl sites for hydroxylation is 2. The highest BCUT2D eigenvalue weighted by Crippen LogP contribution is 2.14. The van der Waals surface area contributed by atoms with Crippen molar-refractivity contribution in [3.63, 3.8) is 0 Å². The number of aromatic nitrogens is 2. The summed E-state index contributed by atoms with van der Waals surface area (Å²) in [6.07, 6.45) is 4.06. The van der Waals surface area contributed by atoms with Crippen LogP contribution in [-0.2, 0) is 0 Å². The monoisotopic (exact) mass is 147 g/mol. The number of pyridine rings is 1. The third-order valence-corrected chi connectivity index (χ3v) is 1.96. The zero-order chi connectivity index (χ0) is 7.84. The maximum atomic E-state index is 3.21. The quantitative estimate of drug-likeness (QED) is 0.586. The molecule has 0 fully saturated rings. The third kappa shape index (κ3) is 0.909. The van der Waals surface area contributed by atoms with E-state index in [-0.39, 0.29) is 0 Å². The van der Waals surface area contributed by atoms with Crippen LogP contribution in [0, 0.1) is 13.8 Å². The first-order chi connectivity index (χ1) is 5.27. The Balaban J connectivity index is 2.86. The molecule has 2 rings (SSSR count). The van der Waals surface area contributed by atoms with Gasteiger partial charge in [-0.1, -0.05) is 0 Å². The van der Waals surface area contributed by atoms with E-state index in [0.717, 1.165) is 0 Å². The maximum Gasteiger partial charge on any atom is 0.178 e. The summed E-state index contributed by atoms with van der Waals surface area (Å²) in [6, 6.07) is 2.11. The summed E-state index contributed by atoms with van der Waals surface area (Å²) in [7, 11) is 0. The molecule has 56 valence electrons. The van der Waals surface area contributed by atoms with E-state index in [9.17, 15) is 0 Å². The van der Waals surface area contributed by atoms with Crippen molar-refractivity contribution >= 4 is 10.9 Å². The first-order valence-corrected chi connectivity index (χ1v) is 3.73. The van der Waals surface area contributed by atoms with Crippen LogP contribution in [0.25, 0.3) is 10.9 Å². The third-order valence-electron chi connectivity index (χ3n) is 1.96. The van der Waals surface area contributed by atoms with Crippen molar-refractivity contribution in [3.8, 4) is 0 Å². The number of aromatic amines is 2. The van der Waals surface area contributed by atoms with Crippen LogP contribution in [-0.4, -0.2) is 4.98 Å². The second-order valence-corrected chi connectivity index (χ2v) is 2.92. The molecule has 0 aliphatic rings. The first-order valence-electron chi connectivity index (χ1n) is 3.73. The summed E-state index contributed by atoms with van der Waals surface area (Å²) in [5, 5.41) is 1.27. The molecule has 0 saturated heterocycles. The Bertz CT molecular complexity index is 387. The van der Waals surface area contributed by atoms with Crippen LogP contribution in [0.1, 0.15) is 11.3 Å². The maximum absolute atomic E-state index is 3.21. The van der Waals surface area contributed by atoms with Crippen molar-refractivity contribution in [3.05, 3.63) is 29.7 Å². The molecule has 0 bridgehead atoms. The Morgan fingerprint density at radius 2 is 2.18 bits per heavy atom. The topological polar surface area (TPSA) is 29.9 Å². The minimum Gasteiger partial charge on any atom is -0.361 e. The Hall–Kier alpha value is -1.31. The molecule has 0 radical (unpaired) electrons. The molecule has 0 unspecified atom stereocenters. The number of rotatable bonds is 0. The smallest absolute Gasteiger partial charge is 0.178 e. The van der Waals surface area contributed by atoms with Crippen LogP contribution in [0.2, 0.25) is 0 Å². The van der Waals surface area contributed by atoms with Gasteiger partial charge in [-0.25, -0.2) is 4.98 Å². The molecular weight excluding hydrogens is 136 g/mol. The summed E-state index contributed by atoms with van der Waals surface area (Å²) in [5.74, 6) is 0.